The summed E-state index contributed by atoms with van der Waals surface area (Å²) in [6, 6.07) is 12.3. The van der Waals surface area contributed by atoms with Gasteiger partial charge in [-0.05, 0) is 61.6 Å². The van der Waals surface area contributed by atoms with Crippen molar-refractivity contribution >= 4 is 16.7 Å². The minimum absolute atomic E-state index is 0.00271. The van der Waals surface area contributed by atoms with Crippen LogP contribution in [0.3, 0.4) is 0 Å². The number of hydrogen-bond donors (Lipinski definition) is 1. The van der Waals surface area contributed by atoms with Crippen LogP contribution in [-0.2, 0) is 5.41 Å². The molecule has 4 heteroatoms. The second kappa shape index (κ2) is 6.40. The quantitative estimate of drug-likeness (QED) is 0.688. The first-order chi connectivity index (χ1) is 13.2. The largest absolute Gasteiger partial charge is 0.347 e. The Balaban J connectivity index is 1.75. The maximum Gasteiger partial charge on any atom is 0.251 e. The molecule has 2 aromatic carbocycles. The van der Waals surface area contributed by atoms with E-state index in [1.165, 1.54) is 0 Å². The molecule has 1 N–H and O–H groups in total. The molecule has 0 spiro atoms. The molecule has 0 unspecified atom stereocenters. The minimum Gasteiger partial charge on any atom is -0.347 e. The van der Waals surface area contributed by atoms with Crippen molar-refractivity contribution in [1.82, 2.24) is 15.5 Å². The highest BCUT2D eigenvalue weighted by Gasteiger charge is 2.38. The third kappa shape index (κ3) is 3.51. The zero-order valence-corrected chi connectivity index (χ0v) is 17.3. The molecule has 1 amide bonds. The molecule has 4 nitrogen and oxygen atoms in total. The molecule has 1 aromatic heterocycles. The number of carbonyl (C=O) groups excluding carboxylic acids is 1. The Kier molecular flexibility index (Phi) is 4.25. The van der Waals surface area contributed by atoms with Gasteiger partial charge in [0.15, 0.2) is 0 Å². The number of carbonyl (C=O) groups is 1. The second-order valence-corrected chi connectivity index (χ2v) is 9.29. The van der Waals surface area contributed by atoms with Crippen LogP contribution in [0.15, 0.2) is 42.6 Å². The number of aryl methyl sites for hydroxylation is 1. The second-order valence-electron chi connectivity index (χ2n) is 9.29. The van der Waals surface area contributed by atoms with Crippen molar-refractivity contribution in [1.29, 1.82) is 0 Å². The molecule has 1 aliphatic carbocycles. The van der Waals surface area contributed by atoms with E-state index in [9.17, 15) is 4.79 Å². The van der Waals surface area contributed by atoms with Gasteiger partial charge in [-0.15, -0.1) is 0 Å². The molecular formula is C24H27N3O. The molecule has 0 atom stereocenters. The summed E-state index contributed by atoms with van der Waals surface area (Å²) in [7, 11) is 0. The van der Waals surface area contributed by atoms with E-state index in [1.54, 1.807) is 0 Å². The first-order valence-electron chi connectivity index (χ1n) is 9.86. The molecule has 1 heterocycles. The standard InChI is InChI=1S/C24H27N3O/c1-15-6-7-17(22(28)26-24(5)10-11-24)13-20(15)16-8-9-19-18(12-16)14-25-27-21(19)23(2,3)4/h6-9,12-14H,10-11H2,1-5H3,(H,26,28). The molecule has 0 saturated heterocycles. The lowest BCUT2D eigenvalue weighted by Gasteiger charge is -2.19. The molecule has 0 aliphatic heterocycles. The van der Waals surface area contributed by atoms with Gasteiger partial charge in [0.25, 0.3) is 5.91 Å². The van der Waals surface area contributed by atoms with Crippen molar-refractivity contribution in [3.63, 3.8) is 0 Å². The van der Waals surface area contributed by atoms with Gasteiger partial charge < -0.3 is 5.32 Å². The number of fused-ring (bicyclic) bond motifs is 1. The van der Waals surface area contributed by atoms with Gasteiger partial charge in [-0.25, -0.2) is 0 Å². The predicted octanol–water partition coefficient (Wildman–Crippen LogP) is 5.19. The van der Waals surface area contributed by atoms with Gasteiger partial charge in [0.05, 0.1) is 11.9 Å². The third-order valence-electron chi connectivity index (χ3n) is 5.60. The van der Waals surface area contributed by atoms with Gasteiger partial charge >= 0.3 is 0 Å². The first kappa shape index (κ1) is 18.6. The number of nitrogens with zero attached hydrogens (tertiary/aromatic N) is 2. The first-order valence-corrected chi connectivity index (χ1v) is 9.86. The number of benzene rings is 2. The fraction of sp³-hybridized carbons (Fsp3) is 0.375. The van der Waals surface area contributed by atoms with E-state index < -0.39 is 0 Å². The molecule has 1 saturated carbocycles. The van der Waals surface area contributed by atoms with Crippen LogP contribution in [0.25, 0.3) is 21.9 Å². The van der Waals surface area contributed by atoms with Gasteiger partial charge in [-0.1, -0.05) is 39.0 Å². The van der Waals surface area contributed by atoms with E-state index in [0.717, 1.165) is 46.0 Å². The molecule has 0 bridgehead atoms. The van der Waals surface area contributed by atoms with Crippen LogP contribution in [0, 0.1) is 6.92 Å². The summed E-state index contributed by atoms with van der Waals surface area (Å²) in [5.74, 6) is 0.00271. The van der Waals surface area contributed by atoms with Crippen molar-refractivity contribution in [2.24, 2.45) is 0 Å². The maximum absolute atomic E-state index is 12.6. The van der Waals surface area contributed by atoms with E-state index >= 15 is 0 Å². The van der Waals surface area contributed by atoms with Gasteiger partial charge in [-0.3, -0.25) is 4.79 Å². The molecule has 144 valence electrons. The van der Waals surface area contributed by atoms with E-state index in [0.29, 0.717) is 5.56 Å². The van der Waals surface area contributed by atoms with Crippen LogP contribution in [0.1, 0.15) is 62.2 Å². The van der Waals surface area contributed by atoms with Gasteiger partial charge in [-0.2, -0.15) is 10.2 Å². The molecule has 0 radical (unpaired) electrons. The Hall–Kier alpha value is -2.75. The summed E-state index contributed by atoms with van der Waals surface area (Å²) >= 11 is 0. The Morgan fingerprint density at radius 2 is 1.86 bits per heavy atom. The summed E-state index contributed by atoms with van der Waals surface area (Å²) in [5.41, 5.74) is 4.92. The van der Waals surface area contributed by atoms with E-state index in [1.807, 2.05) is 24.4 Å². The van der Waals surface area contributed by atoms with Crippen molar-refractivity contribution in [2.45, 2.75) is 58.4 Å². The SMILES string of the molecule is Cc1ccc(C(=O)NC2(C)CC2)cc1-c1ccc2c(C(C)(C)C)nncc2c1. The monoisotopic (exact) mass is 373 g/mol. The zero-order chi connectivity index (χ0) is 20.1. The highest BCUT2D eigenvalue weighted by Crippen LogP contribution is 2.35. The van der Waals surface area contributed by atoms with Gasteiger partial charge in [0.1, 0.15) is 0 Å². The van der Waals surface area contributed by atoms with Crippen LogP contribution >= 0.6 is 0 Å². The fourth-order valence-corrected chi connectivity index (χ4v) is 3.54. The summed E-state index contributed by atoms with van der Waals surface area (Å²) < 4.78 is 0. The highest BCUT2D eigenvalue weighted by molar-refractivity contribution is 5.97. The average Bonchev–Trinajstić information content (AvgIpc) is 3.37. The normalized spacial score (nSPS) is 15.5. The number of hydrogen-bond acceptors (Lipinski definition) is 3. The predicted molar refractivity (Wildman–Crippen MR) is 114 cm³/mol. The Bertz CT molecular complexity index is 1070. The molecule has 3 aromatic rings. The van der Waals surface area contributed by atoms with Crippen LogP contribution < -0.4 is 5.32 Å². The fourth-order valence-electron chi connectivity index (χ4n) is 3.54. The van der Waals surface area contributed by atoms with Crippen molar-refractivity contribution in [3.05, 3.63) is 59.4 Å². The van der Waals surface area contributed by atoms with Crippen LogP contribution in [0.4, 0.5) is 0 Å². The molecular weight excluding hydrogens is 346 g/mol. The molecule has 28 heavy (non-hydrogen) atoms. The third-order valence-corrected chi connectivity index (χ3v) is 5.60. The van der Waals surface area contributed by atoms with Gasteiger partial charge in [0, 0.05) is 27.3 Å². The van der Waals surface area contributed by atoms with E-state index in [4.69, 9.17) is 0 Å². The minimum atomic E-state index is -0.0686. The lowest BCUT2D eigenvalue weighted by Crippen LogP contribution is -2.34. The Morgan fingerprint density at radius 1 is 1.11 bits per heavy atom. The van der Waals surface area contributed by atoms with E-state index in [2.05, 4.69) is 68.3 Å². The lowest BCUT2D eigenvalue weighted by molar-refractivity contribution is 0.0935. The topological polar surface area (TPSA) is 54.9 Å². The molecule has 1 fully saturated rings. The van der Waals surface area contributed by atoms with Gasteiger partial charge in [0.2, 0.25) is 0 Å². The Labute approximate surface area is 166 Å². The van der Waals surface area contributed by atoms with Crippen molar-refractivity contribution < 1.29 is 4.79 Å². The number of rotatable bonds is 3. The lowest BCUT2D eigenvalue weighted by atomic mass is 9.88. The van der Waals surface area contributed by atoms with Crippen LogP contribution in [-0.4, -0.2) is 21.6 Å². The smallest absolute Gasteiger partial charge is 0.251 e. The zero-order valence-electron chi connectivity index (χ0n) is 17.3. The number of amides is 1. The van der Waals surface area contributed by atoms with Crippen LogP contribution in [0.5, 0.6) is 0 Å². The summed E-state index contributed by atoms with van der Waals surface area (Å²) in [6.07, 6.45) is 3.92. The number of aromatic nitrogens is 2. The van der Waals surface area contributed by atoms with Crippen molar-refractivity contribution in [2.75, 3.05) is 0 Å². The summed E-state index contributed by atoms with van der Waals surface area (Å²) in [4.78, 5) is 12.6. The summed E-state index contributed by atoms with van der Waals surface area (Å²) in [5, 5.41) is 13.9. The van der Waals surface area contributed by atoms with E-state index in [-0.39, 0.29) is 16.9 Å². The van der Waals surface area contributed by atoms with Crippen LogP contribution in [0.2, 0.25) is 0 Å². The average molecular weight is 374 g/mol. The highest BCUT2D eigenvalue weighted by atomic mass is 16.1. The number of nitrogens with one attached hydrogen (secondary N) is 1. The van der Waals surface area contributed by atoms with Crippen molar-refractivity contribution in [3.8, 4) is 11.1 Å². The maximum atomic E-state index is 12.6. The summed E-state index contributed by atoms with van der Waals surface area (Å²) in [6.45, 7) is 10.6. The molecule has 4 rings (SSSR count). The Morgan fingerprint density at radius 3 is 2.54 bits per heavy atom. The molecule has 1 aliphatic rings.